The Labute approximate surface area is 184 Å². The van der Waals surface area contributed by atoms with E-state index in [0.29, 0.717) is 19.5 Å². The zero-order chi connectivity index (χ0) is 22.0. The summed E-state index contributed by atoms with van der Waals surface area (Å²) < 4.78 is 6.99. The number of benzene rings is 1. The first-order valence-corrected chi connectivity index (χ1v) is 11.0. The Morgan fingerprint density at radius 1 is 1.29 bits per heavy atom. The molecule has 2 aromatic heterocycles. The Bertz CT molecular complexity index is 1090. The van der Waals surface area contributed by atoms with Gasteiger partial charge in [0.25, 0.3) is 0 Å². The molecule has 0 radical (unpaired) electrons. The first-order chi connectivity index (χ1) is 14.9. The number of rotatable bonds is 7. The van der Waals surface area contributed by atoms with Gasteiger partial charge < -0.3 is 15.0 Å². The predicted octanol–water partition coefficient (Wildman–Crippen LogP) is 2.67. The van der Waals surface area contributed by atoms with E-state index in [0.717, 1.165) is 33.7 Å². The van der Waals surface area contributed by atoms with Gasteiger partial charge in [0, 0.05) is 42.7 Å². The van der Waals surface area contributed by atoms with Gasteiger partial charge in [0.05, 0.1) is 24.4 Å². The lowest BCUT2D eigenvalue weighted by atomic mass is 10.1. The fraction of sp³-hybridized carbons (Fsp3) is 0.364. The van der Waals surface area contributed by atoms with E-state index in [2.05, 4.69) is 15.4 Å². The molecule has 9 heteroatoms. The average molecular weight is 440 g/mol. The van der Waals surface area contributed by atoms with Crippen LogP contribution in [0.4, 0.5) is 5.69 Å². The second kappa shape index (κ2) is 8.89. The van der Waals surface area contributed by atoms with Gasteiger partial charge in [0.2, 0.25) is 16.9 Å². The molecule has 1 unspecified atom stereocenters. The molecular formula is C22H25N5O3S. The molecule has 4 rings (SSSR count). The number of carbonyl (C=O) groups is 2. The zero-order valence-corrected chi connectivity index (χ0v) is 18.6. The van der Waals surface area contributed by atoms with E-state index in [1.807, 2.05) is 54.2 Å². The molecule has 31 heavy (non-hydrogen) atoms. The van der Waals surface area contributed by atoms with Crippen molar-refractivity contribution >= 4 is 28.8 Å². The summed E-state index contributed by atoms with van der Waals surface area (Å²) in [5.41, 5.74) is 3.69. The quantitative estimate of drug-likeness (QED) is 0.611. The summed E-state index contributed by atoms with van der Waals surface area (Å²) in [6, 6.07) is 9.30. The molecule has 0 aliphatic carbocycles. The van der Waals surface area contributed by atoms with Crippen LogP contribution in [0.5, 0.6) is 5.75 Å². The molecule has 162 valence electrons. The van der Waals surface area contributed by atoms with Crippen LogP contribution in [0.15, 0.2) is 35.7 Å². The predicted molar refractivity (Wildman–Crippen MR) is 119 cm³/mol. The molecule has 8 nitrogen and oxygen atoms in total. The molecule has 1 N–H and O–H groups in total. The minimum absolute atomic E-state index is 0.0423. The lowest BCUT2D eigenvalue weighted by Crippen LogP contribution is -2.34. The van der Waals surface area contributed by atoms with Crippen molar-refractivity contribution in [3.05, 3.63) is 52.8 Å². The van der Waals surface area contributed by atoms with Crippen LogP contribution < -0.4 is 15.0 Å². The Hall–Kier alpha value is -3.20. The van der Waals surface area contributed by atoms with Crippen molar-refractivity contribution in [1.82, 2.24) is 20.1 Å². The summed E-state index contributed by atoms with van der Waals surface area (Å²) in [5, 5.41) is 10.2. The molecule has 3 aromatic rings. The fourth-order valence-electron chi connectivity index (χ4n) is 3.68. The summed E-state index contributed by atoms with van der Waals surface area (Å²) >= 11 is 1.53. The number of hydrogen-bond acceptors (Lipinski definition) is 6. The largest absolute Gasteiger partial charge is 0.497 e. The fourth-order valence-corrected chi connectivity index (χ4v) is 4.55. The Morgan fingerprint density at radius 2 is 2.06 bits per heavy atom. The first kappa shape index (κ1) is 21.0. The van der Waals surface area contributed by atoms with E-state index in [1.54, 1.807) is 12.0 Å². The van der Waals surface area contributed by atoms with E-state index >= 15 is 0 Å². The number of nitrogens with zero attached hydrogens (tertiary/aromatic N) is 4. The van der Waals surface area contributed by atoms with Crippen LogP contribution in [0, 0.1) is 19.8 Å². The van der Waals surface area contributed by atoms with Gasteiger partial charge in [-0.25, -0.2) is 9.67 Å². The summed E-state index contributed by atoms with van der Waals surface area (Å²) in [4.78, 5) is 31.3. The monoisotopic (exact) mass is 439 g/mol. The van der Waals surface area contributed by atoms with Crippen molar-refractivity contribution in [2.75, 3.05) is 25.1 Å². The van der Waals surface area contributed by atoms with E-state index in [4.69, 9.17) is 4.74 Å². The molecule has 0 saturated carbocycles. The third-order valence-electron chi connectivity index (χ3n) is 5.29. The third-order valence-corrected chi connectivity index (χ3v) is 6.16. The van der Waals surface area contributed by atoms with Crippen LogP contribution in [0.1, 0.15) is 23.5 Å². The Balaban J connectivity index is 1.29. The molecule has 0 bridgehead atoms. The maximum absolute atomic E-state index is 12.6. The minimum atomic E-state index is -0.352. The summed E-state index contributed by atoms with van der Waals surface area (Å²) in [6.45, 7) is 4.82. The Kier molecular flexibility index (Phi) is 6.03. The van der Waals surface area contributed by atoms with Crippen molar-refractivity contribution in [3.63, 3.8) is 0 Å². The topological polar surface area (TPSA) is 89.3 Å². The molecule has 3 heterocycles. The van der Waals surface area contributed by atoms with Crippen LogP contribution in [0.2, 0.25) is 0 Å². The Morgan fingerprint density at radius 3 is 2.74 bits per heavy atom. The number of hydrogen-bond donors (Lipinski definition) is 1. The number of anilines is 1. The van der Waals surface area contributed by atoms with Crippen LogP contribution in [0.25, 0.3) is 5.13 Å². The smallest absolute Gasteiger partial charge is 0.227 e. The molecule has 1 fully saturated rings. The van der Waals surface area contributed by atoms with E-state index < -0.39 is 0 Å². The molecule has 0 spiro atoms. The molecule has 2 amide bonds. The van der Waals surface area contributed by atoms with Gasteiger partial charge in [-0.3, -0.25) is 9.59 Å². The number of thiazole rings is 1. The van der Waals surface area contributed by atoms with Crippen molar-refractivity contribution in [2.24, 2.45) is 5.92 Å². The second-order valence-electron chi connectivity index (χ2n) is 7.60. The second-order valence-corrected chi connectivity index (χ2v) is 8.44. The maximum atomic E-state index is 12.6. The van der Waals surface area contributed by atoms with Gasteiger partial charge in [-0.2, -0.15) is 5.10 Å². The van der Waals surface area contributed by atoms with E-state index in [9.17, 15) is 9.59 Å². The van der Waals surface area contributed by atoms with Gasteiger partial charge in [0.15, 0.2) is 0 Å². The van der Waals surface area contributed by atoms with Gasteiger partial charge in [-0.1, -0.05) is 0 Å². The number of aromatic nitrogens is 3. The van der Waals surface area contributed by atoms with Crippen LogP contribution >= 0.6 is 11.3 Å². The lowest BCUT2D eigenvalue weighted by Gasteiger charge is -2.17. The number of amides is 2. The summed E-state index contributed by atoms with van der Waals surface area (Å²) in [6.07, 6.45) is 0.848. The number of aryl methyl sites for hydroxylation is 2. The van der Waals surface area contributed by atoms with Crippen molar-refractivity contribution < 1.29 is 14.3 Å². The maximum Gasteiger partial charge on any atom is 0.227 e. The molecule has 1 saturated heterocycles. The van der Waals surface area contributed by atoms with Crippen molar-refractivity contribution in [2.45, 2.75) is 26.7 Å². The van der Waals surface area contributed by atoms with Crippen LogP contribution in [-0.4, -0.2) is 46.8 Å². The highest BCUT2D eigenvalue weighted by Gasteiger charge is 2.35. The normalized spacial score (nSPS) is 16.0. The number of ether oxygens (including phenoxy) is 1. The number of methoxy groups -OCH3 is 1. The number of nitrogens with one attached hydrogen (secondary N) is 1. The molecular weight excluding hydrogens is 414 g/mol. The van der Waals surface area contributed by atoms with Gasteiger partial charge >= 0.3 is 0 Å². The molecule has 1 atom stereocenters. The SMILES string of the molecule is COc1ccc(N2CC(C(=O)NCCc3csc(-n4nc(C)cc4C)n3)CC2=O)cc1. The highest BCUT2D eigenvalue weighted by atomic mass is 32.1. The van der Waals surface area contributed by atoms with Gasteiger partial charge in [-0.15, -0.1) is 11.3 Å². The van der Waals surface area contributed by atoms with Crippen molar-refractivity contribution in [3.8, 4) is 10.9 Å². The highest BCUT2D eigenvalue weighted by molar-refractivity contribution is 7.12. The van der Waals surface area contributed by atoms with E-state index in [-0.39, 0.29) is 24.2 Å². The summed E-state index contributed by atoms with van der Waals surface area (Å²) in [5.74, 6) is 0.237. The minimum Gasteiger partial charge on any atom is -0.497 e. The molecule has 1 aliphatic heterocycles. The third kappa shape index (κ3) is 4.61. The average Bonchev–Trinajstić information content (AvgIpc) is 3.46. The van der Waals surface area contributed by atoms with Gasteiger partial charge in [-0.05, 0) is 44.2 Å². The lowest BCUT2D eigenvalue weighted by molar-refractivity contribution is -0.126. The molecule has 1 aliphatic rings. The zero-order valence-electron chi connectivity index (χ0n) is 17.8. The van der Waals surface area contributed by atoms with Crippen LogP contribution in [-0.2, 0) is 16.0 Å². The molecule has 1 aromatic carbocycles. The summed E-state index contributed by atoms with van der Waals surface area (Å²) in [7, 11) is 1.60. The van der Waals surface area contributed by atoms with Crippen molar-refractivity contribution in [1.29, 1.82) is 0 Å². The van der Waals surface area contributed by atoms with E-state index in [1.165, 1.54) is 11.3 Å². The first-order valence-electron chi connectivity index (χ1n) is 10.1. The van der Waals surface area contributed by atoms with Crippen LogP contribution in [0.3, 0.4) is 0 Å². The van der Waals surface area contributed by atoms with Gasteiger partial charge in [0.1, 0.15) is 5.75 Å². The standard InChI is InChI=1S/C22H25N5O3S/c1-14-10-15(2)27(25-14)22-24-17(13-31-22)8-9-23-21(29)16-11-20(28)26(12-16)18-4-6-19(30-3)7-5-18/h4-7,10,13,16H,8-9,11-12H2,1-3H3,(H,23,29). The highest BCUT2D eigenvalue weighted by Crippen LogP contribution is 2.27. The number of carbonyl (C=O) groups excluding carboxylic acids is 2.